The highest BCUT2D eigenvalue weighted by molar-refractivity contribution is 5.99. The Morgan fingerprint density at radius 3 is 2.35 bits per heavy atom. The molecule has 0 spiro atoms. The summed E-state index contributed by atoms with van der Waals surface area (Å²) in [5.41, 5.74) is 5.90. The highest BCUT2D eigenvalue weighted by atomic mass is 16.5. The lowest BCUT2D eigenvalue weighted by Crippen LogP contribution is -2.26. The van der Waals surface area contributed by atoms with E-state index in [1.165, 1.54) is 0 Å². The summed E-state index contributed by atoms with van der Waals surface area (Å²) < 4.78 is 5.57. The Kier molecular flexibility index (Phi) is 5.36. The second-order valence-electron chi connectivity index (χ2n) is 5.29. The molecule has 0 aliphatic rings. The lowest BCUT2D eigenvalue weighted by atomic mass is 10.1. The number of carbonyl (C=O) groups excluding carboxylic acids is 1. The average molecular weight is 312 g/mol. The number of hydrazone groups is 1. The van der Waals surface area contributed by atoms with Crippen molar-refractivity contribution in [3.8, 4) is 11.5 Å². The normalized spacial score (nSPS) is 11.2. The zero-order chi connectivity index (χ0) is 16.8. The fourth-order valence-electron chi connectivity index (χ4n) is 2.11. The van der Waals surface area contributed by atoms with Crippen molar-refractivity contribution in [2.24, 2.45) is 5.10 Å². The van der Waals surface area contributed by atoms with Gasteiger partial charge in [-0.15, -0.1) is 0 Å². The number of phenolic OH excluding ortho intramolecular Hbond substituents is 1. The molecule has 0 aliphatic heterocycles. The molecule has 0 fully saturated rings. The summed E-state index contributed by atoms with van der Waals surface area (Å²) in [6, 6.07) is 12.4. The minimum absolute atomic E-state index is 0.0992. The van der Waals surface area contributed by atoms with Crippen LogP contribution in [0.15, 0.2) is 47.6 Å². The van der Waals surface area contributed by atoms with Crippen molar-refractivity contribution in [3.05, 3.63) is 59.2 Å². The van der Waals surface area contributed by atoms with Gasteiger partial charge in [0, 0.05) is 0 Å². The summed E-state index contributed by atoms with van der Waals surface area (Å²) in [4.78, 5) is 11.8. The second kappa shape index (κ2) is 7.45. The summed E-state index contributed by atoms with van der Waals surface area (Å²) in [6.45, 7) is 5.55. The van der Waals surface area contributed by atoms with Gasteiger partial charge in [0.05, 0.1) is 5.71 Å². The first-order valence-corrected chi connectivity index (χ1v) is 7.29. The Bertz CT molecular complexity index is 701. The summed E-state index contributed by atoms with van der Waals surface area (Å²) in [6.07, 6.45) is 0. The monoisotopic (exact) mass is 312 g/mol. The van der Waals surface area contributed by atoms with Crippen LogP contribution in [0.4, 0.5) is 0 Å². The van der Waals surface area contributed by atoms with Gasteiger partial charge in [-0.05, 0) is 61.7 Å². The van der Waals surface area contributed by atoms with E-state index in [1.807, 2.05) is 32.0 Å². The number of aryl methyl sites for hydroxylation is 2. The fraction of sp³-hybridized carbons (Fsp3) is 0.222. The van der Waals surface area contributed by atoms with Crippen LogP contribution >= 0.6 is 0 Å². The van der Waals surface area contributed by atoms with Crippen LogP contribution in [-0.2, 0) is 4.79 Å². The topological polar surface area (TPSA) is 70.9 Å². The van der Waals surface area contributed by atoms with E-state index in [1.54, 1.807) is 31.2 Å². The van der Waals surface area contributed by atoms with Crippen molar-refractivity contribution in [1.29, 1.82) is 0 Å². The Hall–Kier alpha value is -2.82. The van der Waals surface area contributed by atoms with Gasteiger partial charge in [0.25, 0.3) is 5.91 Å². The zero-order valence-electron chi connectivity index (χ0n) is 13.5. The van der Waals surface area contributed by atoms with Crippen molar-refractivity contribution in [2.75, 3.05) is 6.61 Å². The van der Waals surface area contributed by atoms with Crippen LogP contribution in [0.1, 0.15) is 23.6 Å². The molecule has 2 aromatic carbocycles. The quantitative estimate of drug-likeness (QED) is 0.659. The molecule has 1 amide bonds. The van der Waals surface area contributed by atoms with Gasteiger partial charge in [-0.2, -0.15) is 5.10 Å². The van der Waals surface area contributed by atoms with E-state index in [2.05, 4.69) is 10.5 Å². The molecule has 0 atom stereocenters. The SMILES string of the molecule is CC(=NNC(=O)COc1c(C)cccc1C)c1ccc(O)cc1. The Morgan fingerprint density at radius 1 is 1.13 bits per heavy atom. The van der Waals surface area contributed by atoms with Crippen molar-refractivity contribution in [1.82, 2.24) is 5.43 Å². The third kappa shape index (κ3) is 4.57. The molecule has 5 nitrogen and oxygen atoms in total. The molecule has 0 unspecified atom stereocenters. The standard InChI is InChI=1S/C18H20N2O3/c1-12-5-4-6-13(2)18(12)23-11-17(22)20-19-14(3)15-7-9-16(21)10-8-15/h4-10,21H,11H2,1-3H3,(H,20,22). The molecule has 23 heavy (non-hydrogen) atoms. The first kappa shape index (κ1) is 16.5. The molecule has 0 bridgehead atoms. The van der Waals surface area contributed by atoms with Gasteiger partial charge in [-0.3, -0.25) is 4.79 Å². The Labute approximate surface area is 135 Å². The minimum atomic E-state index is -0.328. The van der Waals surface area contributed by atoms with Crippen LogP contribution in [0.25, 0.3) is 0 Å². The summed E-state index contributed by atoms with van der Waals surface area (Å²) in [7, 11) is 0. The van der Waals surface area contributed by atoms with Gasteiger partial charge < -0.3 is 9.84 Å². The first-order valence-electron chi connectivity index (χ1n) is 7.29. The van der Waals surface area contributed by atoms with Crippen LogP contribution in [0.2, 0.25) is 0 Å². The Balaban J connectivity index is 1.92. The lowest BCUT2D eigenvalue weighted by Gasteiger charge is -2.11. The van der Waals surface area contributed by atoms with Crippen LogP contribution < -0.4 is 10.2 Å². The van der Waals surface area contributed by atoms with Crippen LogP contribution in [0.5, 0.6) is 11.5 Å². The van der Waals surface area contributed by atoms with E-state index in [0.29, 0.717) is 5.71 Å². The molecule has 0 radical (unpaired) electrons. The predicted octanol–water partition coefficient (Wildman–Crippen LogP) is 2.93. The van der Waals surface area contributed by atoms with E-state index < -0.39 is 0 Å². The van der Waals surface area contributed by atoms with Gasteiger partial charge in [0.15, 0.2) is 6.61 Å². The van der Waals surface area contributed by atoms with E-state index in [-0.39, 0.29) is 18.3 Å². The molecule has 0 saturated carbocycles. The van der Waals surface area contributed by atoms with E-state index in [4.69, 9.17) is 4.74 Å². The fourth-order valence-corrected chi connectivity index (χ4v) is 2.11. The number of benzene rings is 2. The van der Waals surface area contributed by atoms with E-state index in [0.717, 1.165) is 22.4 Å². The summed E-state index contributed by atoms with van der Waals surface area (Å²) in [5.74, 6) is 0.584. The van der Waals surface area contributed by atoms with Gasteiger partial charge in [-0.25, -0.2) is 5.43 Å². The van der Waals surface area contributed by atoms with Crippen molar-refractivity contribution in [2.45, 2.75) is 20.8 Å². The number of aromatic hydroxyl groups is 1. The predicted molar refractivity (Wildman–Crippen MR) is 89.9 cm³/mol. The van der Waals surface area contributed by atoms with Gasteiger partial charge in [0.1, 0.15) is 11.5 Å². The summed E-state index contributed by atoms with van der Waals surface area (Å²) in [5, 5.41) is 13.3. The average Bonchev–Trinajstić information content (AvgIpc) is 2.53. The highest BCUT2D eigenvalue weighted by Gasteiger charge is 2.07. The van der Waals surface area contributed by atoms with E-state index >= 15 is 0 Å². The molecule has 0 saturated heterocycles. The lowest BCUT2D eigenvalue weighted by molar-refractivity contribution is -0.123. The molecular formula is C18H20N2O3. The number of carbonyl (C=O) groups is 1. The molecule has 0 aromatic heterocycles. The first-order chi connectivity index (χ1) is 11.0. The van der Waals surface area contributed by atoms with Crippen LogP contribution in [0.3, 0.4) is 0 Å². The highest BCUT2D eigenvalue weighted by Crippen LogP contribution is 2.21. The summed E-state index contributed by atoms with van der Waals surface area (Å²) >= 11 is 0. The van der Waals surface area contributed by atoms with Gasteiger partial charge in [-0.1, -0.05) is 18.2 Å². The molecule has 2 N–H and O–H groups in total. The largest absolute Gasteiger partial charge is 0.508 e. The number of hydrogen-bond acceptors (Lipinski definition) is 4. The number of rotatable bonds is 5. The smallest absolute Gasteiger partial charge is 0.277 e. The van der Waals surface area contributed by atoms with Crippen molar-refractivity contribution >= 4 is 11.6 Å². The number of para-hydroxylation sites is 1. The van der Waals surface area contributed by atoms with Crippen LogP contribution in [0, 0.1) is 13.8 Å². The van der Waals surface area contributed by atoms with Crippen molar-refractivity contribution < 1.29 is 14.6 Å². The molecular weight excluding hydrogens is 292 g/mol. The maximum atomic E-state index is 11.8. The zero-order valence-corrected chi connectivity index (χ0v) is 13.5. The number of hydrogen-bond donors (Lipinski definition) is 2. The maximum Gasteiger partial charge on any atom is 0.277 e. The number of phenols is 1. The second-order valence-corrected chi connectivity index (χ2v) is 5.29. The third-order valence-electron chi connectivity index (χ3n) is 3.39. The maximum absolute atomic E-state index is 11.8. The number of nitrogens with one attached hydrogen (secondary N) is 1. The number of amides is 1. The molecule has 2 aromatic rings. The molecule has 0 heterocycles. The Morgan fingerprint density at radius 2 is 1.74 bits per heavy atom. The minimum Gasteiger partial charge on any atom is -0.508 e. The molecule has 120 valence electrons. The number of nitrogens with zero attached hydrogens (tertiary/aromatic N) is 1. The third-order valence-corrected chi connectivity index (χ3v) is 3.39. The molecule has 5 heteroatoms. The molecule has 0 aliphatic carbocycles. The van der Waals surface area contributed by atoms with Crippen molar-refractivity contribution in [3.63, 3.8) is 0 Å². The van der Waals surface area contributed by atoms with Gasteiger partial charge in [0.2, 0.25) is 0 Å². The van der Waals surface area contributed by atoms with Crippen LogP contribution in [-0.4, -0.2) is 23.3 Å². The van der Waals surface area contributed by atoms with E-state index in [9.17, 15) is 9.90 Å². The van der Waals surface area contributed by atoms with Gasteiger partial charge >= 0.3 is 0 Å². The molecule has 2 rings (SSSR count). The number of ether oxygens (including phenoxy) is 1.